The Kier molecular flexibility index (Phi) is 5.58. The molecule has 0 aliphatic carbocycles. The summed E-state index contributed by atoms with van der Waals surface area (Å²) in [6, 6.07) is 11.1. The molecule has 2 rings (SSSR count). The molecule has 0 aromatic heterocycles. The molecule has 0 saturated heterocycles. The fourth-order valence-corrected chi connectivity index (χ4v) is 2.19. The van der Waals surface area contributed by atoms with E-state index in [9.17, 15) is 9.59 Å². The molecule has 2 aromatic rings. The van der Waals surface area contributed by atoms with Crippen molar-refractivity contribution in [2.24, 2.45) is 0 Å². The SMILES string of the molecule is COC(=O)c1cc(OC)c(OC)cc1NC(=O)c1cccc(C#N)c1. The van der Waals surface area contributed by atoms with E-state index < -0.39 is 11.9 Å². The zero-order valence-corrected chi connectivity index (χ0v) is 14.0. The molecule has 7 nitrogen and oxygen atoms in total. The van der Waals surface area contributed by atoms with Gasteiger partial charge in [-0.25, -0.2) is 4.79 Å². The molecule has 1 N–H and O–H groups in total. The van der Waals surface area contributed by atoms with Crippen LogP contribution in [0.5, 0.6) is 11.5 Å². The van der Waals surface area contributed by atoms with Gasteiger partial charge < -0.3 is 19.5 Å². The van der Waals surface area contributed by atoms with Gasteiger partial charge in [0.25, 0.3) is 5.91 Å². The summed E-state index contributed by atoms with van der Waals surface area (Å²) < 4.78 is 15.1. The maximum Gasteiger partial charge on any atom is 0.340 e. The van der Waals surface area contributed by atoms with E-state index in [-0.39, 0.29) is 16.8 Å². The minimum atomic E-state index is -0.637. The van der Waals surface area contributed by atoms with Crippen LogP contribution in [-0.2, 0) is 4.74 Å². The quantitative estimate of drug-likeness (QED) is 0.840. The molecule has 0 spiro atoms. The van der Waals surface area contributed by atoms with Crippen LogP contribution in [0, 0.1) is 11.3 Å². The van der Waals surface area contributed by atoms with Crippen LogP contribution in [0.1, 0.15) is 26.3 Å². The third kappa shape index (κ3) is 3.87. The number of nitrogens with one attached hydrogen (secondary N) is 1. The fraction of sp³-hybridized carbons (Fsp3) is 0.167. The summed E-state index contributed by atoms with van der Waals surface area (Å²) in [5.74, 6) is -0.444. The van der Waals surface area contributed by atoms with Crippen LogP contribution in [0.15, 0.2) is 36.4 Å². The van der Waals surface area contributed by atoms with E-state index in [1.54, 1.807) is 18.2 Å². The number of carbonyl (C=O) groups is 2. The first-order valence-electron chi connectivity index (χ1n) is 7.20. The lowest BCUT2D eigenvalue weighted by atomic mass is 10.1. The molecule has 0 atom stereocenters. The van der Waals surface area contributed by atoms with E-state index in [0.717, 1.165) is 0 Å². The van der Waals surface area contributed by atoms with E-state index in [1.807, 2.05) is 6.07 Å². The van der Waals surface area contributed by atoms with Crippen LogP contribution in [0.4, 0.5) is 5.69 Å². The van der Waals surface area contributed by atoms with Crippen molar-refractivity contribution in [1.29, 1.82) is 5.26 Å². The number of hydrogen-bond acceptors (Lipinski definition) is 6. The summed E-state index contributed by atoms with van der Waals surface area (Å²) in [7, 11) is 4.11. The third-order valence-electron chi connectivity index (χ3n) is 3.43. The summed E-state index contributed by atoms with van der Waals surface area (Å²) in [5, 5.41) is 11.6. The number of ether oxygens (including phenoxy) is 3. The first kappa shape index (κ1) is 17.8. The topological polar surface area (TPSA) is 97.7 Å². The number of nitriles is 1. The number of hydrogen-bond donors (Lipinski definition) is 1. The Morgan fingerprint density at radius 2 is 1.72 bits per heavy atom. The summed E-state index contributed by atoms with van der Waals surface area (Å²) >= 11 is 0. The lowest BCUT2D eigenvalue weighted by Crippen LogP contribution is -2.16. The van der Waals surface area contributed by atoms with Crippen molar-refractivity contribution in [1.82, 2.24) is 0 Å². The highest BCUT2D eigenvalue weighted by Gasteiger charge is 2.19. The maximum absolute atomic E-state index is 12.5. The van der Waals surface area contributed by atoms with Gasteiger partial charge in [-0.1, -0.05) is 6.07 Å². The van der Waals surface area contributed by atoms with Gasteiger partial charge in [0.05, 0.1) is 44.2 Å². The van der Waals surface area contributed by atoms with E-state index in [0.29, 0.717) is 17.1 Å². The minimum Gasteiger partial charge on any atom is -0.493 e. The molecule has 0 saturated carbocycles. The molecule has 128 valence electrons. The van der Waals surface area contributed by atoms with Crippen molar-refractivity contribution >= 4 is 17.6 Å². The molecule has 1 amide bonds. The number of nitrogens with zero attached hydrogens (tertiary/aromatic N) is 1. The molecule has 7 heteroatoms. The highest BCUT2D eigenvalue weighted by atomic mass is 16.5. The largest absolute Gasteiger partial charge is 0.493 e. The van der Waals surface area contributed by atoms with Crippen LogP contribution in [0.2, 0.25) is 0 Å². The van der Waals surface area contributed by atoms with E-state index >= 15 is 0 Å². The number of benzene rings is 2. The van der Waals surface area contributed by atoms with Gasteiger partial charge in [0, 0.05) is 17.7 Å². The zero-order chi connectivity index (χ0) is 18.4. The van der Waals surface area contributed by atoms with Gasteiger partial charge in [0.2, 0.25) is 0 Å². The standard InChI is InChI=1S/C18H16N2O5/c1-23-15-8-13(18(22)25-3)14(9-16(15)24-2)20-17(21)12-6-4-5-11(7-12)10-19/h4-9H,1-3H3,(H,20,21). The van der Waals surface area contributed by atoms with Gasteiger partial charge in [0.15, 0.2) is 11.5 Å². The third-order valence-corrected chi connectivity index (χ3v) is 3.43. The molecule has 0 bridgehead atoms. The fourth-order valence-electron chi connectivity index (χ4n) is 2.19. The molecule has 2 aromatic carbocycles. The Morgan fingerprint density at radius 3 is 2.32 bits per heavy atom. The predicted octanol–water partition coefficient (Wildman–Crippen LogP) is 2.61. The van der Waals surface area contributed by atoms with Gasteiger partial charge in [-0.15, -0.1) is 0 Å². The Bertz CT molecular complexity index is 855. The second-order valence-electron chi connectivity index (χ2n) is 4.89. The number of methoxy groups -OCH3 is 3. The predicted molar refractivity (Wildman–Crippen MR) is 90.0 cm³/mol. The van der Waals surface area contributed by atoms with E-state index in [2.05, 4.69) is 5.32 Å². The lowest BCUT2D eigenvalue weighted by molar-refractivity contribution is 0.0601. The smallest absolute Gasteiger partial charge is 0.340 e. The van der Waals surface area contributed by atoms with Crippen molar-refractivity contribution in [2.45, 2.75) is 0 Å². The highest BCUT2D eigenvalue weighted by Crippen LogP contribution is 2.34. The summed E-state index contributed by atoms with van der Waals surface area (Å²) in [6.45, 7) is 0. The molecular formula is C18H16N2O5. The van der Waals surface area contributed by atoms with Crippen LogP contribution < -0.4 is 14.8 Å². The van der Waals surface area contributed by atoms with E-state index in [1.165, 1.54) is 39.5 Å². The first-order valence-corrected chi connectivity index (χ1v) is 7.20. The highest BCUT2D eigenvalue weighted by molar-refractivity contribution is 6.08. The first-order chi connectivity index (χ1) is 12.0. The molecule has 0 heterocycles. The molecule has 0 fully saturated rings. The van der Waals surface area contributed by atoms with Crippen LogP contribution in [-0.4, -0.2) is 33.2 Å². The number of carbonyl (C=O) groups excluding carboxylic acids is 2. The molecule has 0 aliphatic heterocycles. The van der Waals surface area contributed by atoms with Gasteiger partial charge in [-0.3, -0.25) is 4.79 Å². The van der Waals surface area contributed by atoms with Gasteiger partial charge in [-0.05, 0) is 18.2 Å². The molecule has 25 heavy (non-hydrogen) atoms. The Labute approximate surface area is 144 Å². The zero-order valence-electron chi connectivity index (χ0n) is 14.0. The Hall–Kier alpha value is -3.53. The summed E-state index contributed by atoms with van der Waals surface area (Å²) in [4.78, 5) is 24.5. The van der Waals surface area contributed by atoms with Crippen molar-refractivity contribution in [3.8, 4) is 17.6 Å². The maximum atomic E-state index is 12.5. The molecular weight excluding hydrogens is 324 g/mol. The second-order valence-corrected chi connectivity index (χ2v) is 4.89. The Morgan fingerprint density at radius 1 is 1.04 bits per heavy atom. The average molecular weight is 340 g/mol. The minimum absolute atomic E-state index is 0.116. The molecule has 0 aliphatic rings. The van der Waals surface area contributed by atoms with Crippen molar-refractivity contribution in [2.75, 3.05) is 26.6 Å². The van der Waals surface area contributed by atoms with Gasteiger partial charge in [-0.2, -0.15) is 5.26 Å². The summed E-state index contributed by atoms with van der Waals surface area (Å²) in [5.41, 5.74) is 0.958. The van der Waals surface area contributed by atoms with Crippen molar-refractivity contribution < 1.29 is 23.8 Å². The van der Waals surface area contributed by atoms with Gasteiger partial charge >= 0.3 is 5.97 Å². The van der Waals surface area contributed by atoms with Crippen molar-refractivity contribution in [3.05, 3.63) is 53.1 Å². The molecule has 0 unspecified atom stereocenters. The number of anilines is 1. The van der Waals surface area contributed by atoms with Gasteiger partial charge in [0.1, 0.15) is 0 Å². The second kappa shape index (κ2) is 7.84. The van der Waals surface area contributed by atoms with Crippen LogP contribution >= 0.6 is 0 Å². The van der Waals surface area contributed by atoms with Crippen LogP contribution in [0.25, 0.3) is 0 Å². The molecule has 0 radical (unpaired) electrons. The number of rotatable bonds is 5. The van der Waals surface area contributed by atoms with Crippen LogP contribution in [0.3, 0.4) is 0 Å². The Balaban J connectivity index is 2.44. The van der Waals surface area contributed by atoms with E-state index in [4.69, 9.17) is 19.5 Å². The monoisotopic (exact) mass is 340 g/mol. The normalized spacial score (nSPS) is 9.68. The van der Waals surface area contributed by atoms with Crippen molar-refractivity contribution in [3.63, 3.8) is 0 Å². The summed E-state index contributed by atoms with van der Waals surface area (Å²) in [6.07, 6.45) is 0. The average Bonchev–Trinajstić information content (AvgIpc) is 2.66. The number of esters is 1. The number of amides is 1. The lowest BCUT2D eigenvalue weighted by Gasteiger charge is -2.14.